The summed E-state index contributed by atoms with van der Waals surface area (Å²) in [5.41, 5.74) is 3.15. The van der Waals surface area contributed by atoms with Crippen molar-refractivity contribution in [3.8, 4) is 11.1 Å². The quantitative estimate of drug-likeness (QED) is 0.697. The van der Waals surface area contributed by atoms with E-state index in [0.29, 0.717) is 18.7 Å². The van der Waals surface area contributed by atoms with Crippen LogP contribution in [0.3, 0.4) is 0 Å². The molecule has 6 nitrogen and oxygen atoms in total. The molecule has 0 radical (unpaired) electrons. The van der Waals surface area contributed by atoms with E-state index in [-0.39, 0.29) is 23.2 Å². The highest BCUT2D eigenvalue weighted by atomic mass is 19.1. The molecule has 1 aliphatic heterocycles. The van der Waals surface area contributed by atoms with E-state index < -0.39 is 5.41 Å². The van der Waals surface area contributed by atoms with Crippen LogP contribution in [-0.2, 0) is 4.79 Å². The third-order valence-corrected chi connectivity index (χ3v) is 5.79. The van der Waals surface area contributed by atoms with E-state index in [0.717, 1.165) is 35.4 Å². The van der Waals surface area contributed by atoms with E-state index in [1.165, 1.54) is 16.6 Å². The molecule has 0 unspecified atom stereocenters. The van der Waals surface area contributed by atoms with Crippen molar-refractivity contribution in [3.63, 3.8) is 0 Å². The fraction of sp³-hybridized carbons (Fsp3) is 0.435. The van der Waals surface area contributed by atoms with E-state index in [1.807, 2.05) is 32.6 Å². The van der Waals surface area contributed by atoms with Crippen LogP contribution in [-0.4, -0.2) is 38.5 Å². The molecule has 1 N–H and O–H groups in total. The highest BCUT2D eigenvalue weighted by Crippen LogP contribution is 2.31. The predicted molar refractivity (Wildman–Crippen MR) is 114 cm³/mol. The van der Waals surface area contributed by atoms with Crippen LogP contribution in [0.5, 0.6) is 0 Å². The molecule has 4 rings (SSSR count). The highest BCUT2D eigenvalue weighted by molar-refractivity contribution is 5.81. The number of H-pyrrole nitrogens is 1. The Bertz CT molecular complexity index is 1150. The second-order valence-electron chi connectivity index (χ2n) is 9.11. The van der Waals surface area contributed by atoms with Gasteiger partial charge in [-0.15, -0.1) is 0 Å². The lowest BCUT2D eigenvalue weighted by molar-refractivity contribution is -0.140. The normalized spacial score (nSPS) is 15.7. The molecule has 1 saturated heterocycles. The van der Waals surface area contributed by atoms with Crippen LogP contribution >= 0.6 is 0 Å². The lowest BCUT2D eigenvalue weighted by Gasteiger charge is -2.35. The number of hydrogen-bond donors (Lipinski definition) is 1. The molecule has 30 heavy (non-hydrogen) atoms. The Morgan fingerprint density at radius 3 is 2.40 bits per heavy atom. The number of rotatable bonds is 2. The van der Waals surface area contributed by atoms with Crippen LogP contribution in [0.2, 0.25) is 0 Å². The predicted octanol–water partition coefficient (Wildman–Crippen LogP) is 3.89. The molecule has 3 heterocycles. The summed E-state index contributed by atoms with van der Waals surface area (Å²) in [4.78, 5) is 32.1. The molecule has 2 aromatic heterocycles. The molecule has 0 saturated carbocycles. The van der Waals surface area contributed by atoms with Crippen LogP contribution in [0.4, 0.5) is 4.39 Å². The van der Waals surface area contributed by atoms with Crippen molar-refractivity contribution >= 4 is 11.6 Å². The van der Waals surface area contributed by atoms with Gasteiger partial charge < -0.3 is 4.90 Å². The second-order valence-corrected chi connectivity index (χ2v) is 9.11. The van der Waals surface area contributed by atoms with Gasteiger partial charge in [0.05, 0.1) is 5.69 Å². The van der Waals surface area contributed by atoms with E-state index >= 15 is 0 Å². The Morgan fingerprint density at radius 2 is 1.80 bits per heavy atom. The number of piperidine rings is 1. The number of likely N-dealkylation sites (tertiary alicyclic amines) is 1. The standard InChI is InChI=1S/C23H27FN4O2/c1-14-20(16-5-7-17(24)8-6-16)21-25-18(13-19(29)28(21)26-14)15-9-11-27(12-10-15)22(30)23(2,3)4/h5-8,13,15,26H,9-12H2,1-4H3. The number of halogens is 1. The molecule has 0 spiro atoms. The number of benzene rings is 1. The summed E-state index contributed by atoms with van der Waals surface area (Å²) in [6, 6.07) is 7.79. The van der Waals surface area contributed by atoms with Gasteiger partial charge in [0.15, 0.2) is 5.65 Å². The van der Waals surface area contributed by atoms with Crippen LogP contribution in [0.1, 0.15) is 50.9 Å². The van der Waals surface area contributed by atoms with Gasteiger partial charge in [-0.2, -0.15) is 0 Å². The van der Waals surface area contributed by atoms with E-state index in [9.17, 15) is 14.0 Å². The van der Waals surface area contributed by atoms with Crippen LogP contribution in [0.15, 0.2) is 35.1 Å². The third kappa shape index (κ3) is 3.64. The summed E-state index contributed by atoms with van der Waals surface area (Å²) in [6.07, 6.45) is 1.55. The molecule has 1 fully saturated rings. The van der Waals surface area contributed by atoms with Gasteiger partial charge in [0.1, 0.15) is 5.82 Å². The zero-order valence-corrected chi connectivity index (χ0v) is 17.8. The molecule has 0 aliphatic carbocycles. The van der Waals surface area contributed by atoms with Crippen molar-refractivity contribution in [2.24, 2.45) is 5.41 Å². The molecule has 3 aromatic rings. The summed E-state index contributed by atoms with van der Waals surface area (Å²) in [6.45, 7) is 9.01. The van der Waals surface area contributed by atoms with Gasteiger partial charge in [0, 0.05) is 41.7 Å². The maximum Gasteiger partial charge on any atom is 0.272 e. The molecule has 1 aliphatic rings. The first-order chi connectivity index (χ1) is 14.1. The Labute approximate surface area is 174 Å². The number of fused-ring (bicyclic) bond motifs is 1. The fourth-order valence-electron chi connectivity index (χ4n) is 4.19. The minimum Gasteiger partial charge on any atom is -0.342 e. The summed E-state index contributed by atoms with van der Waals surface area (Å²) < 4.78 is 14.8. The van der Waals surface area contributed by atoms with E-state index in [1.54, 1.807) is 18.2 Å². The molecular weight excluding hydrogens is 383 g/mol. The van der Waals surface area contributed by atoms with Crippen molar-refractivity contribution in [2.75, 3.05) is 13.1 Å². The van der Waals surface area contributed by atoms with Crippen LogP contribution in [0, 0.1) is 18.2 Å². The van der Waals surface area contributed by atoms with Crippen molar-refractivity contribution < 1.29 is 9.18 Å². The van der Waals surface area contributed by atoms with E-state index in [4.69, 9.17) is 4.98 Å². The maximum atomic E-state index is 13.4. The van der Waals surface area contributed by atoms with Gasteiger partial charge in [-0.25, -0.2) is 13.9 Å². The van der Waals surface area contributed by atoms with Crippen molar-refractivity contribution in [1.82, 2.24) is 19.5 Å². The number of hydrogen-bond acceptors (Lipinski definition) is 3. The molecule has 1 aromatic carbocycles. The minimum atomic E-state index is -0.393. The number of nitrogens with one attached hydrogen (secondary N) is 1. The summed E-state index contributed by atoms with van der Waals surface area (Å²) >= 11 is 0. The topological polar surface area (TPSA) is 70.5 Å². The monoisotopic (exact) mass is 410 g/mol. The molecule has 0 atom stereocenters. The Morgan fingerprint density at radius 1 is 1.17 bits per heavy atom. The smallest absolute Gasteiger partial charge is 0.272 e. The Kier molecular flexibility index (Phi) is 5.00. The molecule has 1 amide bonds. The number of carbonyl (C=O) groups is 1. The summed E-state index contributed by atoms with van der Waals surface area (Å²) in [5, 5.41) is 3.07. The lowest BCUT2D eigenvalue weighted by Crippen LogP contribution is -2.43. The average Bonchev–Trinajstić information content (AvgIpc) is 3.04. The third-order valence-electron chi connectivity index (χ3n) is 5.79. The van der Waals surface area contributed by atoms with Gasteiger partial charge in [-0.3, -0.25) is 14.7 Å². The SMILES string of the molecule is Cc1[nH]n2c(=O)cc(C3CCN(C(=O)C(C)(C)C)CC3)nc2c1-c1ccc(F)cc1. The van der Waals surface area contributed by atoms with Gasteiger partial charge in [-0.05, 0) is 37.5 Å². The van der Waals surface area contributed by atoms with Crippen LogP contribution < -0.4 is 5.56 Å². The molecule has 7 heteroatoms. The lowest BCUT2D eigenvalue weighted by atomic mass is 9.89. The average molecular weight is 410 g/mol. The molecule has 0 bridgehead atoms. The van der Waals surface area contributed by atoms with Crippen molar-refractivity contribution in [3.05, 3.63) is 57.9 Å². The largest absolute Gasteiger partial charge is 0.342 e. The first-order valence-corrected chi connectivity index (χ1v) is 10.3. The fourth-order valence-corrected chi connectivity index (χ4v) is 4.19. The maximum absolute atomic E-state index is 13.4. The van der Waals surface area contributed by atoms with Crippen molar-refractivity contribution in [1.29, 1.82) is 0 Å². The second kappa shape index (κ2) is 7.38. The van der Waals surface area contributed by atoms with Crippen LogP contribution in [0.25, 0.3) is 16.8 Å². The minimum absolute atomic E-state index is 0.128. The first-order valence-electron chi connectivity index (χ1n) is 10.3. The number of nitrogens with zero attached hydrogens (tertiary/aromatic N) is 3. The number of amides is 1. The zero-order chi connectivity index (χ0) is 21.6. The number of aryl methyl sites for hydroxylation is 1. The van der Waals surface area contributed by atoms with E-state index in [2.05, 4.69) is 5.10 Å². The number of aromatic nitrogens is 3. The van der Waals surface area contributed by atoms with Crippen molar-refractivity contribution in [2.45, 2.75) is 46.5 Å². The first kappa shape index (κ1) is 20.3. The summed E-state index contributed by atoms with van der Waals surface area (Å²) in [7, 11) is 0. The highest BCUT2D eigenvalue weighted by Gasteiger charge is 2.31. The number of carbonyl (C=O) groups excluding carboxylic acids is 1. The zero-order valence-electron chi connectivity index (χ0n) is 17.8. The molecular formula is C23H27FN4O2. The molecule has 158 valence electrons. The van der Waals surface area contributed by atoms with Gasteiger partial charge in [0.2, 0.25) is 5.91 Å². The van der Waals surface area contributed by atoms with Gasteiger partial charge in [-0.1, -0.05) is 32.9 Å². The number of aromatic amines is 1. The summed E-state index contributed by atoms with van der Waals surface area (Å²) in [5.74, 6) is -0.0223. The Balaban J connectivity index is 1.67. The van der Waals surface area contributed by atoms with Gasteiger partial charge >= 0.3 is 0 Å². The Hall–Kier alpha value is -2.96. The van der Waals surface area contributed by atoms with Gasteiger partial charge in [0.25, 0.3) is 5.56 Å².